The van der Waals surface area contributed by atoms with Gasteiger partial charge < -0.3 is 29.5 Å². The van der Waals surface area contributed by atoms with Crippen LogP contribution in [0, 0.1) is 0 Å². The van der Waals surface area contributed by atoms with Crippen molar-refractivity contribution in [2.75, 3.05) is 6.61 Å². The summed E-state index contributed by atoms with van der Waals surface area (Å²) in [6.07, 6.45) is -3.94. The molecule has 0 rings (SSSR count). The van der Waals surface area contributed by atoms with Crippen molar-refractivity contribution in [3.63, 3.8) is 0 Å². The molecule has 10 heteroatoms. The van der Waals surface area contributed by atoms with E-state index in [4.69, 9.17) is 24.7 Å². The summed E-state index contributed by atoms with van der Waals surface area (Å²) in [6, 6.07) is -1.37. The smallest absolute Gasteiger partial charge is 0.303 e. The minimum absolute atomic E-state index is 0.279. The van der Waals surface area contributed by atoms with Crippen molar-refractivity contribution in [3.8, 4) is 0 Å². The van der Waals surface area contributed by atoms with E-state index < -0.39 is 54.8 Å². The van der Waals surface area contributed by atoms with Crippen molar-refractivity contribution in [3.05, 3.63) is 0 Å². The van der Waals surface area contributed by atoms with Gasteiger partial charge in [0.1, 0.15) is 18.9 Å². The number of rotatable bonds is 9. The Morgan fingerprint density at radius 1 is 0.833 bits per heavy atom. The molecule has 24 heavy (non-hydrogen) atoms. The topological polar surface area (TPSA) is 148 Å². The maximum Gasteiger partial charge on any atom is 0.303 e. The molecule has 0 spiro atoms. The number of hydrogen-bond acceptors (Lipinski definition) is 10. The molecule has 136 valence electrons. The van der Waals surface area contributed by atoms with Crippen molar-refractivity contribution < 1.29 is 42.9 Å². The van der Waals surface area contributed by atoms with Gasteiger partial charge in [-0.2, -0.15) is 0 Å². The van der Waals surface area contributed by atoms with Crippen LogP contribution in [0.25, 0.3) is 0 Å². The lowest BCUT2D eigenvalue weighted by Crippen LogP contribution is -2.55. The second-order valence-corrected chi connectivity index (χ2v) is 4.81. The van der Waals surface area contributed by atoms with Gasteiger partial charge in [0.05, 0.1) is 0 Å². The molecule has 0 aliphatic rings. The first kappa shape index (κ1) is 21.5. The van der Waals surface area contributed by atoms with Gasteiger partial charge in [0.25, 0.3) is 0 Å². The van der Waals surface area contributed by atoms with E-state index >= 15 is 0 Å². The number of aldehydes is 1. The zero-order valence-corrected chi connectivity index (χ0v) is 13.8. The Labute approximate surface area is 138 Å². The first-order valence-corrected chi connectivity index (χ1v) is 6.94. The third kappa shape index (κ3) is 8.22. The van der Waals surface area contributed by atoms with Gasteiger partial charge in [0.15, 0.2) is 18.3 Å². The molecule has 0 aliphatic carbocycles. The molecule has 0 fully saturated rings. The summed E-state index contributed by atoms with van der Waals surface area (Å²) < 4.78 is 19.7. The molecule has 10 nitrogen and oxygen atoms in total. The maximum absolute atomic E-state index is 11.3. The molecule has 2 N–H and O–H groups in total. The van der Waals surface area contributed by atoms with Gasteiger partial charge in [-0.15, -0.1) is 0 Å². The molecule has 0 aromatic carbocycles. The average Bonchev–Trinajstić information content (AvgIpc) is 2.45. The highest BCUT2D eigenvalue weighted by molar-refractivity contribution is 5.69. The molecule has 0 amide bonds. The van der Waals surface area contributed by atoms with E-state index in [1.807, 2.05) is 0 Å². The lowest BCUT2D eigenvalue weighted by molar-refractivity contribution is -0.190. The summed E-state index contributed by atoms with van der Waals surface area (Å²) in [5.41, 5.74) is 5.58. The molecular formula is C14H21NO9. The number of ether oxygens (including phenoxy) is 4. The summed E-state index contributed by atoms with van der Waals surface area (Å²) in [6.45, 7) is 3.82. The van der Waals surface area contributed by atoms with Crippen LogP contribution in [0.1, 0.15) is 27.7 Å². The number of esters is 4. The zero-order valence-electron chi connectivity index (χ0n) is 13.8. The summed E-state index contributed by atoms with van der Waals surface area (Å²) in [7, 11) is 0. The quantitative estimate of drug-likeness (QED) is 0.308. The Hall–Kier alpha value is -2.49. The Balaban J connectivity index is 5.67. The van der Waals surface area contributed by atoms with E-state index in [0.29, 0.717) is 0 Å². The van der Waals surface area contributed by atoms with Gasteiger partial charge in [-0.25, -0.2) is 0 Å². The minimum Gasteiger partial charge on any atom is -0.462 e. The summed E-state index contributed by atoms with van der Waals surface area (Å²) >= 11 is 0. The highest BCUT2D eigenvalue weighted by Gasteiger charge is 2.41. The number of nitrogens with two attached hydrogens (primary N) is 1. The van der Waals surface area contributed by atoms with Crippen molar-refractivity contribution >= 4 is 30.2 Å². The van der Waals surface area contributed by atoms with Crippen molar-refractivity contribution in [2.24, 2.45) is 5.73 Å². The lowest BCUT2D eigenvalue weighted by atomic mass is 10.0. The van der Waals surface area contributed by atoms with Gasteiger partial charge in [0.2, 0.25) is 0 Å². The predicted octanol–water partition coefficient (Wildman–Crippen LogP) is -1.13. The first-order chi connectivity index (χ1) is 11.1. The van der Waals surface area contributed by atoms with Gasteiger partial charge >= 0.3 is 23.9 Å². The molecule has 0 saturated heterocycles. The van der Waals surface area contributed by atoms with E-state index in [1.165, 1.54) is 0 Å². The monoisotopic (exact) mass is 347 g/mol. The van der Waals surface area contributed by atoms with E-state index in [9.17, 15) is 24.0 Å². The van der Waals surface area contributed by atoms with Crippen LogP contribution in [-0.4, -0.2) is 61.1 Å². The molecule has 0 radical (unpaired) electrons. The van der Waals surface area contributed by atoms with E-state index in [-0.39, 0.29) is 6.29 Å². The minimum atomic E-state index is -1.45. The summed E-state index contributed by atoms with van der Waals surface area (Å²) in [4.78, 5) is 55.8. The fourth-order valence-electron chi connectivity index (χ4n) is 1.79. The summed E-state index contributed by atoms with van der Waals surface area (Å²) in [5, 5.41) is 0. The molecule has 0 aromatic heterocycles. The number of hydrogen-bond donors (Lipinski definition) is 1. The van der Waals surface area contributed by atoms with Crippen LogP contribution in [0.4, 0.5) is 0 Å². The molecule has 0 aromatic rings. The molecule has 0 saturated carbocycles. The van der Waals surface area contributed by atoms with Crippen molar-refractivity contribution in [1.29, 1.82) is 0 Å². The van der Waals surface area contributed by atoms with E-state index in [2.05, 4.69) is 0 Å². The van der Waals surface area contributed by atoms with E-state index in [1.54, 1.807) is 0 Å². The molecule has 0 bridgehead atoms. The molecule has 0 aliphatic heterocycles. The van der Waals surface area contributed by atoms with Crippen LogP contribution in [0.2, 0.25) is 0 Å². The number of carbonyl (C=O) groups excluding carboxylic acids is 5. The maximum atomic E-state index is 11.3. The van der Waals surface area contributed by atoms with Crippen LogP contribution in [-0.2, 0) is 42.9 Å². The molecule has 0 unspecified atom stereocenters. The lowest BCUT2D eigenvalue weighted by Gasteiger charge is -2.32. The van der Waals surface area contributed by atoms with Crippen LogP contribution in [0.5, 0.6) is 0 Å². The highest BCUT2D eigenvalue weighted by atomic mass is 16.6. The first-order valence-electron chi connectivity index (χ1n) is 6.94. The van der Waals surface area contributed by atoms with Crippen molar-refractivity contribution in [1.82, 2.24) is 0 Å². The van der Waals surface area contributed by atoms with Crippen LogP contribution >= 0.6 is 0 Å². The Bertz CT molecular complexity index is 491. The third-order valence-corrected chi connectivity index (χ3v) is 2.60. The SMILES string of the molecule is CC(=O)OC[C@@H](OC(C)=O)[C@@H](OC(C)=O)[C@H](OC(C)=O)[C@@H](N)C=O. The van der Waals surface area contributed by atoms with Gasteiger partial charge in [-0.05, 0) is 0 Å². The summed E-state index contributed by atoms with van der Waals surface area (Å²) in [5.74, 6) is -3.07. The van der Waals surface area contributed by atoms with E-state index in [0.717, 1.165) is 27.7 Å². The Morgan fingerprint density at radius 2 is 1.29 bits per heavy atom. The Morgan fingerprint density at radius 3 is 1.67 bits per heavy atom. The van der Waals surface area contributed by atoms with Gasteiger partial charge in [-0.1, -0.05) is 0 Å². The molecule has 0 heterocycles. The fraction of sp³-hybridized carbons (Fsp3) is 0.643. The second kappa shape index (κ2) is 10.3. The largest absolute Gasteiger partial charge is 0.462 e. The molecule has 4 atom stereocenters. The van der Waals surface area contributed by atoms with Crippen LogP contribution in [0.15, 0.2) is 0 Å². The van der Waals surface area contributed by atoms with Crippen molar-refractivity contribution in [2.45, 2.75) is 52.0 Å². The third-order valence-electron chi connectivity index (χ3n) is 2.60. The normalized spacial score (nSPS) is 15.2. The molecular weight excluding hydrogens is 326 g/mol. The Kier molecular flexibility index (Phi) is 9.25. The average molecular weight is 347 g/mol. The predicted molar refractivity (Wildman–Crippen MR) is 77.3 cm³/mol. The number of carbonyl (C=O) groups is 5. The van der Waals surface area contributed by atoms with Gasteiger partial charge in [-0.3, -0.25) is 19.2 Å². The van der Waals surface area contributed by atoms with Gasteiger partial charge in [0, 0.05) is 27.7 Å². The highest BCUT2D eigenvalue weighted by Crippen LogP contribution is 2.16. The zero-order chi connectivity index (χ0) is 18.9. The van der Waals surface area contributed by atoms with Crippen LogP contribution < -0.4 is 5.73 Å². The van der Waals surface area contributed by atoms with Crippen LogP contribution in [0.3, 0.4) is 0 Å². The standard InChI is InChI=1S/C14H21NO9/c1-7(17)21-6-12(22-8(2)18)14(24-10(4)20)13(11(15)5-16)23-9(3)19/h5,11-14H,6,15H2,1-4H3/t11-,12+,13+,14+/m0/s1. The second-order valence-electron chi connectivity index (χ2n) is 4.81. The fourth-order valence-corrected chi connectivity index (χ4v) is 1.79.